The van der Waals surface area contributed by atoms with Crippen LogP contribution in [-0.4, -0.2) is 21.4 Å². The van der Waals surface area contributed by atoms with Gasteiger partial charge in [0.05, 0.1) is 4.90 Å². The van der Waals surface area contributed by atoms with Crippen molar-refractivity contribution in [3.63, 3.8) is 0 Å². The lowest BCUT2D eigenvalue weighted by molar-refractivity contribution is 0.400. The SMILES string of the molecule is O=S(=O)(O)c1ccc(OS(=O)(=O)c2c(C3CC4CCC3C4)cc3ccccc3c2C2CC3CCC2C3)c2c1CCCCCC2. The van der Waals surface area contributed by atoms with Gasteiger partial charge < -0.3 is 4.18 Å². The summed E-state index contributed by atoms with van der Waals surface area (Å²) in [7, 11) is -8.75. The van der Waals surface area contributed by atoms with Gasteiger partial charge in [0.2, 0.25) is 0 Å². The Hall–Kier alpha value is -2.42. The number of hydrogen-bond acceptors (Lipinski definition) is 5. The molecule has 44 heavy (non-hydrogen) atoms. The highest BCUT2D eigenvalue weighted by Crippen LogP contribution is 2.59. The summed E-state index contributed by atoms with van der Waals surface area (Å²) in [5.74, 6) is 2.89. The second-order valence-corrected chi connectivity index (χ2v) is 17.3. The maximum Gasteiger partial charge on any atom is 0.339 e. The third kappa shape index (κ3) is 4.91. The number of benzene rings is 3. The van der Waals surface area contributed by atoms with Crippen molar-refractivity contribution < 1.29 is 25.6 Å². The van der Waals surface area contributed by atoms with Crippen molar-refractivity contribution in [3.05, 3.63) is 64.7 Å². The molecule has 0 heterocycles. The van der Waals surface area contributed by atoms with E-state index in [2.05, 4.69) is 24.3 Å². The largest absolute Gasteiger partial charge is 0.379 e. The van der Waals surface area contributed by atoms with Crippen molar-refractivity contribution in [2.75, 3.05) is 0 Å². The first-order valence-electron chi connectivity index (χ1n) is 16.8. The van der Waals surface area contributed by atoms with E-state index < -0.39 is 20.2 Å². The summed E-state index contributed by atoms with van der Waals surface area (Å²) >= 11 is 0. The Kier molecular flexibility index (Phi) is 7.15. The molecule has 0 spiro atoms. The Labute approximate surface area is 261 Å². The van der Waals surface area contributed by atoms with E-state index in [4.69, 9.17) is 4.18 Å². The molecule has 0 radical (unpaired) electrons. The smallest absolute Gasteiger partial charge is 0.339 e. The molecule has 8 rings (SSSR count). The molecule has 8 heteroatoms. The van der Waals surface area contributed by atoms with Crippen LogP contribution in [-0.2, 0) is 33.1 Å². The van der Waals surface area contributed by atoms with Gasteiger partial charge in [-0.2, -0.15) is 16.8 Å². The van der Waals surface area contributed by atoms with Gasteiger partial charge in [0.1, 0.15) is 10.6 Å². The van der Waals surface area contributed by atoms with E-state index in [0.717, 1.165) is 73.3 Å². The molecule has 6 unspecified atom stereocenters. The maximum absolute atomic E-state index is 14.9. The van der Waals surface area contributed by atoms with Gasteiger partial charge in [-0.1, -0.05) is 49.9 Å². The molecular formula is C36H42O6S2. The predicted octanol–water partition coefficient (Wildman–Crippen LogP) is 8.32. The van der Waals surface area contributed by atoms with Gasteiger partial charge in [-0.3, -0.25) is 4.55 Å². The molecule has 0 aromatic heterocycles. The summed E-state index contributed by atoms with van der Waals surface area (Å²) < 4.78 is 70.9. The van der Waals surface area contributed by atoms with Crippen molar-refractivity contribution in [3.8, 4) is 5.75 Å². The van der Waals surface area contributed by atoms with Gasteiger partial charge in [-0.15, -0.1) is 0 Å². The minimum Gasteiger partial charge on any atom is -0.379 e. The monoisotopic (exact) mass is 634 g/mol. The van der Waals surface area contributed by atoms with Crippen LogP contribution in [0.4, 0.5) is 0 Å². The average molecular weight is 635 g/mol. The van der Waals surface area contributed by atoms with E-state index in [0.29, 0.717) is 52.5 Å². The van der Waals surface area contributed by atoms with Crippen LogP contribution in [0.15, 0.2) is 52.3 Å². The van der Waals surface area contributed by atoms with Crippen LogP contribution in [0.1, 0.15) is 111 Å². The van der Waals surface area contributed by atoms with Gasteiger partial charge in [-0.25, -0.2) is 0 Å². The van der Waals surface area contributed by atoms with Crippen LogP contribution < -0.4 is 4.18 Å². The van der Waals surface area contributed by atoms with Crippen molar-refractivity contribution in [2.45, 2.75) is 112 Å². The number of rotatable bonds is 6. The number of hydrogen-bond donors (Lipinski definition) is 1. The summed E-state index contributed by atoms with van der Waals surface area (Å²) in [5, 5.41) is 2.14. The molecule has 0 saturated heterocycles. The Morgan fingerprint density at radius 1 is 0.705 bits per heavy atom. The standard InChI is InChI=1S/C36H42O6S2/c37-43(38,39)34-16-15-33(28-9-3-1-2-4-10-29(28)34)42-44(40,41)36-32(30-19-22-11-13-25(30)17-22)21-24-7-5-6-8-27(24)35(36)31-20-23-12-14-26(31)18-23/h5-8,15-16,21-23,25-26,30-31H,1-4,9-14,17-20H2,(H,37,38,39). The quantitative estimate of drug-likeness (QED) is 0.216. The molecular weight excluding hydrogens is 593 g/mol. The van der Waals surface area contributed by atoms with Crippen LogP contribution in [0.5, 0.6) is 5.75 Å². The molecule has 234 valence electrons. The van der Waals surface area contributed by atoms with Crippen LogP contribution in [0.25, 0.3) is 10.8 Å². The van der Waals surface area contributed by atoms with Crippen LogP contribution in [0.3, 0.4) is 0 Å². The molecule has 4 fully saturated rings. The van der Waals surface area contributed by atoms with Crippen LogP contribution >= 0.6 is 0 Å². The van der Waals surface area contributed by atoms with E-state index in [1.165, 1.54) is 37.8 Å². The normalized spacial score (nSPS) is 29.9. The lowest BCUT2D eigenvalue weighted by Gasteiger charge is -2.31. The van der Waals surface area contributed by atoms with Crippen LogP contribution in [0.2, 0.25) is 0 Å². The average Bonchev–Trinajstić information content (AvgIpc) is 3.79. The van der Waals surface area contributed by atoms with Crippen molar-refractivity contribution in [1.82, 2.24) is 0 Å². The van der Waals surface area contributed by atoms with Gasteiger partial charge in [0.15, 0.2) is 0 Å². The van der Waals surface area contributed by atoms with Gasteiger partial charge >= 0.3 is 10.1 Å². The molecule has 0 aliphatic heterocycles. The second-order valence-electron chi connectivity index (χ2n) is 14.4. The fourth-order valence-electron chi connectivity index (χ4n) is 10.2. The molecule has 6 nitrogen and oxygen atoms in total. The first kappa shape index (κ1) is 29.0. The Bertz CT molecular complexity index is 1850. The molecule has 3 aromatic rings. The lowest BCUT2D eigenvalue weighted by Crippen LogP contribution is -2.22. The minimum atomic E-state index is -4.46. The summed E-state index contributed by atoms with van der Waals surface area (Å²) in [5.41, 5.74) is 3.00. The zero-order valence-corrected chi connectivity index (χ0v) is 26.8. The zero-order chi connectivity index (χ0) is 30.2. The molecule has 6 atom stereocenters. The number of fused-ring (bicyclic) bond motifs is 6. The van der Waals surface area contributed by atoms with Gasteiger partial charge in [-0.05, 0) is 145 Å². The zero-order valence-electron chi connectivity index (χ0n) is 25.2. The Morgan fingerprint density at radius 3 is 2.00 bits per heavy atom. The summed E-state index contributed by atoms with van der Waals surface area (Å²) in [6.07, 6.45) is 13.7. The van der Waals surface area contributed by atoms with E-state index in [-0.39, 0.29) is 22.5 Å². The fraction of sp³-hybridized carbons (Fsp3) is 0.556. The lowest BCUT2D eigenvalue weighted by atomic mass is 9.77. The first-order valence-corrected chi connectivity index (χ1v) is 19.6. The summed E-state index contributed by atoms with van der Waals surface area (Å²) in [6, 6.07) is 13.2. The second kappa shape index (κ2) is 10.8. The van der Waals surface area contributed by atoms with Gasteiger partial charge in [0.25, 0.3) is 10.1 Å². The molecule has 4 saturated carbocycles. The van der Waals surface area contributed by atoms with Crippen molar-refractivity contribution in [2.24, 2.45) is 23.7 Å². The molecule has 5 aliphatic carbocycles. The highest BCUT2D eigenvalue weighted by molar-refractivity contribution is 7.87. The van der Waals surface area contributed by atoms with E-state index in [1.54, 1.807) is 0 Å². The van der Waals surface area contributed by atoms with E-state index in [9.17, 15) is 21.4 Å². The summed E-state index contributed by atoms with van der Waals surface area (Å²) in [6.45, 7) is 0. The predicted molar refractivity (Wildman–Crippen MR) is 170 cm³/mol. The Morgan fingerprint density at radius 2 is 1.36 bits per heavy atom. The first-order chi connectivity index (χ1) is 21.2. The van der Waals surface area contributed by atoms with E-state index in [1.807, 2.05) is 6.07 Å². The summed E-state index contributed by atoms with van der Waals surface area (Å²) in [4.78, 5) is 0.264. The molecule has 0 amide bonds. The van der Waals surface area contributed by atoms with E-state index >= 15 is 0 Å². The fourth-order valence-corrected chi connectivity index (χ4v) is 12.4. The topological polar surface area (TPSA) is 97.7 Å². The third-order valence-electron chi connectivity index (χ3n) is 12.0. The highest BCUT2D eigenvalue weighted by atomic mass is 32.2. The third-order valence-corrected chi connectivity index (χ3v) is 14.3. The highest BCUT2D eigenvalue weighted by Gasteiger charge is 2.47. The van der Waals surface area contributed by atoms with Crippen LogP contribution in [0, 0.1) is 23.7 Å². The van der Waals surface area contributed by atoms with Crippen molar-refractivity contribution in [1.29, 1.82) is 0 Å². The molecule has 5 aliphatic rings. The molecule has 3 aromatic carbocycles. The molecule has 1 N–H and O–H groups in total. The molecule has 4 bridgehead atoms. The minimum absolute atomic E-state index is 0.129. The van der Waals surface area contributed by atoms with Crippen molar-refractivity contribution >= 4 is 31.0 Å². The van der Waals surface area contributed by atoms with Gasteiger partial charge in [0, 0.05) is 5.56 Å². The Balaban J connectivity index is 1.33. The maximum atomic E-state index is 14.9.